The summed E-state index contributed by atoms with van der Waals surface area (Å²) in [5.74, 6) is 0.496. The van der Waals surface area contributed by atoms with Crippen LogP contribution in [0.15, 0.2) is 23.6 Å². The van der Waals surface area contributed by atoms with Crippen molar-refractivity contribution in [3.63, 3.8) is 0 Å². The Morgan fingerprint density at radius 1 is 1.41 bits per heavy atom. The first-order valence-corrected chi connectivity index (χ1v) is 7.17. The van der Waals surface area contributed by atoms with Crippen molar-refractivity contribution in [2.45, 2.75) is 25.2 Å². The number of aromatic nitrogens is 5. The summed E-state index contributed by atoms with van der Waals surface area (Å²) >= 11 is 0. The van der Waals surface area contributed by atoms with E-state index in [9.17, 15) is 8.42 Å². The van der Waals surface area contributed by atoms with Gasteiger partial charge in [-0.05, 0) is 13.0 Å². The third-order valence-electron chi connectivity index (χ3n) is 2.19. The average Bonchev–Trinajstić information content (AvgIpc) is 2.85. The molecule has 2 aromatic rings. The van der Waals surface area contributed by atoms with Gasteiger partial charge in [0.05, 0.1) is 0 Å². The van der Waals surface area contributed by atoms with E-state index in [2.05, 4.69) is 15.3 Å². The van der Waals surface area contributed by atoms with Crippen molar-refractivity contribution < 1.29 is 8.42 Å². The van der Waals surface area contributed by atoms with E-state index >= 15 is 0 Å². The van der Waals surface area contributed by atoms with E-state index in [0.717, 1.165) is 0 Å². The predicted molar refractivity (Wildman–Crippen MR) is 60.1 cm³/mol. The van der Waals surface area contributed by atoms with E-state index in [1.165, 1.54) is 4.57 Å². The monoisotopic (exact) mass is 275 g/mol. The van der Waals surface area contributed by atoms with Crippen LogP contribution in [0.25, 0.3) is 0 Å². The summed E-state index contributed by atoms with van der Waals surface area (Å²) in [5.41, 5.74) is 0. The van der Waals surface area contributed by atoms with Crippen molar-refractivity contribution in [1.82, 2.24) is 24.5 Å². The van der Waals surface area contributed by atoms with Crippen LogP contribution in [0.5, 0.6) is 0 Å². The Balaban J connectivity index is 2.40. The fraction of sp³-hybridized carbons (Fsp3) is 0.375. The Morgan fingerprint density at radius 2 is 2.18 bits per heavy atom. The van der Waals surface area contributed by atoms with Gasteiger partial charge >= 0.3 is 0 Å². The predicted octanol–water partition coefficient (Wildman–Crippen LogP) is 0.470. The molecule has 0 aromatic carbocycles. The van der Waals surface area contributed by atoms with Crippen LogP contribution in [0.3, 0.4) is 0 Å². The van der Waals surface area contributed by atoms with Crippen LogP contribution in [0.2, 0.25) is 0 Å². The zero-order valence-electron chi connectivity index (χ0n) is 8.99. The van der Waals surface area contributed by atoms with Crippen LogP contribution in [0, 0.1) is 0 Å². The third kappa shape index (κ3) is 2.47. The largest absolute Gasteiger partial charge is 0.300 e. The molecule has 0 amide bonds. The summed E-state index contributed by atoms with van der Waals surface area (Å²) < 4.78 is 25.6. The molecule has 9 heteroatoms. The highest BCUT2D eigenvalue weighted by Crippen LogP contribution is 2.14. The lowest BCUT2D eigenvalue weighted by Gasteiger charge is -2.05. The molecule has 0 bridgehead atoms. The molecular weight excluding hydrogens is 266 g/mol. The smallest absolute Gasteiger partial charge is 0.296 e. The SMILES string of the molecule is CCn1c(Cn2cccn2)nnc1S(=O)(=O)Cl. The number of halogens is 1. The second-order valence-corrected chi connectivity index (χ2v) is 5.74. The minimum Gasteiger partial charge on any atom is -0.300 e. The fourth-order valence-electron chi connectivity index (χ4n) is 1.47. The van der Waals surface area contributed by atoms with E-state index in [-0.39, 0.29) is 5.16 Å². The molecule has 0 fully saturated rings. The number of hydrogen-bond donors (Lipinski definition) is 0. The van der Waals surface area contributed by atoms with Crippen molar-refractivity contribution >= 4 is 19.7 Å². The normalized spacial score (nSPS) is 11.9. The molecule has 0 saturated carbocycles. The minimum absolute atomic E-state index is 0.233. The van der Waals surface area contributed by atoms with Crippen LogP contribution in [-0.2, 0) is 22.1 Å². The first kappa shape index (κ1) is 12.1. The van der Waals surface area contributed by atoms with Crippen molar-refractivity contribution in [1.29, 1.82) is 0 Å². The molecule has 17 heavy (non-hydrogen) atoms. The van der Waals surface area contributed by atoms with Gasteiger partial charge in [0.15, 0.2) is 5.82 Å². The molecule has 0 atom stereocenters. The molecule has 0 N–H and O–H groups in total. The standard InChI is InChI=1S/C8H10ClN5O2S/c1-2-14-7(6-13-5-3-4-10-13)11-12-8(14)17(9,15)16/h3-5H,2,6H2,1H3. The lowest BCUT2D eigenvalue weighted by atomic mass is 10.5. The highest BCUT2D eigenvalue weighted by Gasteiger charge is 2.21. The summed E-state index contributed by atoms with van der Waals surface area (Å²) in [7, 11) is 1.39. The van der Waals surface area contributed by atoms with E-state index in [1.807, 2.05) is 0 Å². The quantitative estimate of drug-likeness (QED) is 0.758. The van der Waals surface area contributed by atoms with Crippen LogP contribution >= 0.6 is 10.7 Å². The molecule has 0 aliphatic rings. The summed E-state index contributed by atoms with van der Waals surface area (Å²) in [6.07, 6.45) is 3.38. The van der Waals surface area contributed by atoms with Gasteiger partial charge in [-0.1, -0.05) is 0 Å². The molecule has 2 rings (SSSR count). The Hall–Kier alpha value is -1.41. The molecule has 2 aromatic heterocycles. The Kier molecular flexibility index (Phi) is 3.16. The Labute approximate surface area is 102 Å². The molecule has 0 spiro atoms. The van der Waals surface area contributed by atoms with Crippen molar-refractivity contribution in [3.8, 4) is 0 Å². The Morgan fingerprint density at radius 3 is 2.71 bits per heavy atom. The van der Waals surface area contributed by atoms with Gasteiger partial charge in [-0.2, -0.15) is 5.10 Å². The zero-order valence-corrected chi connectivity index (χ0v) is 10.6. The van der Waals surface area contributed by atoms with E-state index < -0.39 is 9.05 Å². The van der Waals surface area contributed by atoms with E-state index in [1.54, 1.807) is 30.1 Å². The van der Waals surface area contributed by atoms with Gasteiger partial charge in [0.1, 0.15) is 6.54 Å². The summed E-state index contributed by atoms with van der Waals surface area (Å²) in [5, 5.41) is 11.2. The molecule has 0 unspecified atom stereocenters. The van der Waals surface area contributed by atoms with Gasteiger partial charge in [-0.3, -0.25) is 9.25 Å². The van der Waals surface area contributed by atoms with Crippen LogP contribution in [-0.4, -0.2) is 33.0 Å². The summed E-state index contributed by atoms with van der Waals surface area (Å²) in [6, 6.07) is 1.77. The second-order valence-electron chi connectivity index (χ2n) is 3.28. The van der Waals surface area contributed by atoms with Crippen molar-refractivity contribution in [2.75, 3.05) is 0 Å². The molecule has 2 heterocycles. The van der Waals surface area contributed by atoms with Crippen LogP contribution in [0.1, 0.15) is 12.7 Å². The first-order valence-electron chi connectivity index (χ1n) is 4.86. The number of hydrogen-bond acceptors (Lipinski definition) is 5. The van der Waals surface area contributed by atoms with Gasteiger partial charge in [-0.15, -0.1) is 10.2 Å². The van der Waals surface area contributed by atoms with Crippen LogP contribution in [0.4, 0.5) is 0 Å². The molecule has 92 valence electrons. The summed E-state index contributed by atoms with van der Waals surface area (Å²) in [6.45, 7) is 2.56. The lowest BCUT2D eigenvalue weighted by molar-refractivity contribution is 0.559. The highest BCUT2D eigenvalue weighted by molar-refractivity contribution is 8.13. The second kappa shape index (κ2) is 4.46. The summed E-state index contributed by atoms with van der Waals surface area (Å²) in [4.78, 5) is 0. The van der Waals surface area contributed by atoms with Crippen molar-refractivity contribution in [3.05, 3.63) is 24.3 Å². The Bertz CT molecular complexity index is 604. The van der Waals surface area contributed by atoms with Gasteiger partial charge in [0, 0.05) is 29.6 Å². The van der Waals surface area contributed by atoms with E-state index in [0.29, 0.717) is 18.9 Å². The maximum absolute atomic E-state index is 11.2. The molecule has 0 aliphatic heterocycles. The van der Waals surface area contributed by atoms with Gasteiger partial charge < -0.3 is 0 Å². The lowest BCUT2D eigenvalue weighted by Crippen LogP contribution is -2.11. The van der Waals surface area contributed by atoms with Gasteiger partial charge in [-0.25, -0.2) is 8.42 Å². The molecular formula is C8H10ClN5O2S. The maximum Gasteiger partial charge on any atom is 0.296 e. The van der Waals surface area contributed by atoms with E-state index in [4.69, 9.17) is 10.7 Å². The van der Waals surface area contributed by atoms with Gasteiger partial charge in [0.25, 0.3) is 14.2 Å². The fourth-order valence-corrected chi connectivity index (χ4v) is 2.45. The molecule has 0 radical (unpaired) electrons. The molecule has 0 saturated heterocycles. The molecule has 0 aliphatic carbocycles. The van der Waals surface area contributed by atoms with Gasteiger partial charge in [0.2, 0.25) is 0 Å². The number of rotatable bonds is 4. The van der Waals surface area contributed by atoms with Crippen molar-refractivity contribution in [2.24, 2.45) is 0 Å². The first-order chi connectivity index (χ1) is 8.02. The molecule has 7 nitrogen and oxygen atoms in total. The van der Waals surface area contributed by atoms with Crippen LogP contribution < -0.4 is 0 Å². The third-order valence-corrected chi connectivity index (χ3v) is 3.34. The maximum atomic E-state index is 11.2. The average molecular weight is 276 g/mol. The topological polar surface area (TPSA) is 82.7 Å². The minimum atomic E-state index is -3.87. The zero-order chi connectivity index (χ0) is 12.5. The highest BCUT2D eigenvalue weighted by atomic mass is 35.7. The number of nitrogens with zero attached hydrogens (tertiary/aromatic N) is 5.